The number of esters is 1. The number of pyridine rings is 1. The van der Waals surface area contributed by atoms with Gasteiger partial charge >= 0.3 is 5.97 Å². The number of rotatable bonds is 3. The lowest BCUT2D eigenvalue weighted by molar-refractivity contribution is 0.0519. The number of carbonyl (C=O) groups excluding carboxylic acids is 1. The summed E-state index contributed by atoms with van der Waals surface area (Å²) in [4.78, 5) is 15.7. The van der Waals surface area contributed by atoms with E-state index in [0.29, 0.717) is 12.3 Å². The molecule has 0 fully saturated rings. The van der Waals surface area contributed by atoms with Crippen LogP contribution in [0.2, 0.25) is 0 Å². The molecule has 0 N–H and O–H groups in total. The molecule has 2 aromatic heterocycles. The van der Waals surface area contributed by atoms with E-state index in [2.05, 4.69) is 4.98 Å². The SMILES string of the molecule is CCOC(=O)c1ncccc1-n1cccc1. The zero-order valence-corrected chi connectivity index (χ0v) is 8.96. The Morgan fingerprint density at radius 2 is 2.12 bits per heavy atom. The van der Waals surface area contributed by atoms with Crippen LogP contribution in [0.3, 0.4) is 0 Å². The molecule has 0 aliphatic rings. The molecular weight excluding hydrogens is 204 g/mol. The minimum Gasteiger partial charge on any atom is -0.461 e. The lowest BCUT2D eigenvalue weighted by Gasteiger charge is -2.08. The summed E-state index contributed by atoms with van der Waals surface area (Å²) in [7, 11) is 0. The van der Waals surface area contributed by atoms with Gasteiger partial charge in [-0.2, -0.15) is 0 Å². The van der Waals surface area contributed by atoms with Crippen LogP contribution in [0.1, 0.15) is 17.4 Å². The van der Waals surface area contributed by atoms with Crippen molar-refractivity contribution >= 4 is 5.97 Å². The van der Waals surface area contributed by atoms with E-state index in [1.165, 1.54) is 0 Å². The zero-order chi connectivity index (χ0) is 11.4. The standard InChI is InChI=1S/C12H12N2O2/c1-2-16-12(15)11-10(6-5-7-13-11)14-8-3-4-9-14/h3-9H,2H2,1H3. The first-order chi connectivity index (χ1) is 7.83. The monoisotopic (exact) mass is 216 g/mol. The zero-order valence-electron chi connectivity index (χ0n) is 8.96. The van der Waals surface area contributed by atoms with Crippen molar-refractivity contribution in [2.75, 3.05) is 6.61 Å². The van der Waals surface area contributed by atoms with Crippen molar-refractivity contribution in [2.24, 2.45) is 0 Å². The summed E-state index contributed by atoms with van der Waals surface area (Å²) in [5.74, 6) is -0.396. The van der Waals surface area contributed by atoms with Crippen LogP contribution in [0.4, 0.5) is 0 Å². The molecular formula is C12H12N2O2. The second-order valence-electron chi connectivity index (χ2n) is 3.18. The molecule has 2 heterocycles. The van der Waals surface area contributed by atoms with E-state index in [1.54, 1.807) is 19.2 Å². The maximum absolute atomic E-state index is 11.7. The van der Waals surface area contributed by atoms with E-state index in [-0.39, 0.29) is 0 Å². The maximum atomic E-state index is 11.7. The first-order valence-corrected chi connectivity index (χ1v) is 5.08. The molecule has 0 bridgehead atoms. The van der Waals surface area contributed by atoms with Crippen LogP contribution in [0.15, 0.2) is 42.9 Å². The quantitative estimate of drug-likeness (QED) is 0.737. The Labute approximate surface area is 93.5 Å². The smallest absolute Gasteiger partial charge is 0.359 e. The summed E-state index contributed by atoms with van der Waals surface area (Å²) < 4.78 is 6.78. The van der Waals surface area contributed by atoms with Crippen molar-refractivity contribution in [2.45, 2.75) is 6.92 Å². The van der Waals surface area contributed by atoms with Crippen LogP contribution in [0.5, 0.6) is 0 Å². The van der Waals surface area contributed by atoms with Gasteiger partial charge in [0.15, 0.2) is 5.69 Å². The Morgan fingerprint density at radius 3 is 2.81 bits per heavy atom. The van der Waals surface area contributed by atoms with Crippen molar-refractivity contribution < 1.29 is 9.53 Å². The minimum atomic E-state index is -0.396. The third-order valence-corrected chi connectivity index (χ3v) is 2.14. The van der Waals surface area contributed by atoms with Gasteiger partial charge in [0.05, 0.1) is 12.3 Å². The largest absolute Gasteiger partial charge is 0.461 e. The fourth-order valence-electron chi connectivity index (χ4n) is 1.46. The molecule has 0 saturated heterocycles. The molecule has 0 aliphatic carbocycles. The summed E-state index contributed by atoms with van der Waals surface area (Å²) in [6.45, 7) is 2.12. The van der Waals surface area contributed by atoms with Crippen LogP contribution < -0.4 is 0 Å². The summed E-state index contributed by atoms with van der Waals surface area (Å²) in [6.07, 6.45) is 5.30. The molecule has 0 saturated carbocycles. The van der Waals surface area contributed by atoms with Crippen LogP contribution in [-0.2, 0) is 4.74 Å². The highest BCUT2D eigenvalue weighted by Crippen LogP contribution is 2.13. The van der Waals surface area contributed by atoms with E-state index < -0.39 is 5.97 Å². The molecule has 2 aromatic rings. The lowest BCUT2D eigenvalue weighted by atomic mass is 10.3. The van der Waals surface area contributed by atoms with E-state index >= 15 is 0 Å². The predicted molar refractivity (Wildman–Crippen MR) is 59.5 cm³/mol. The molecule has 0 unspecified atom stereocenters. The fraction of sp³-hybridized carbons (Fsp3) is 0.167. The Kier molecular flexibility index (Phi) is 3.00. The first-order valence-electron chi connectivity index (χ1n) is 5.08. The summed E-state index contributed by atoms with van der Waals surface area (Å²) in [5.41, 5.74) is 1.06. The summed E-state index contributed by atoms with van der Waals surface area (Å²) >= 11 is 0. The van der Waals surface area contributed by atoms with Crippen LogP contribution in [0.25, 0.3) is 5.69 Å². The number of ether oxygens (including phenoxy) is 1. The average Bonchev–Trinajstić information content (AvgIpc) is 2.83. The van der Waals surface area contributed by atoms with Gasteiger partial charge in [0.2, 0.25) is 0 Å². The Bertz CT molecular complexity index is 478. The number of aromatic nitrogens is 2. The van der Waals surface area contributed by atoms with Gasteiger partial charge in [-0.05, 0) is 31.2 Å². The summed E-state index contributed by atoms with van der Waals surface area (Å²) in [5, 5.41) is 0. The van der Waals surface area contributed by atoms with Gasteiger partial charge in [-0.1, -0.05) is 0 Å². The molecule has 0 spiro atoms. The van der Waals surface area contributed by atoms with Gasteiger partial charge in [-0.15, -0.1) is 0 Å². The third kappa shape index (κ3) is 1.95. The van der Waals surface area contributed by atoms with Crippen molar-refractivity contribution in [1.29, 1.82) is 0 Å². The highest BCUT2D eigenvalue weighted by atomic mass is 16.5. The van der Waals surface area contributed by atoms with Crippen molar-refractivity contribution in [3.8, 4) is 5.69 Å². The van der Waals surface area contributed by atoms with Crippen LogP contribution >= 0.6 is 0 Å². The van der Waals surface area contributed by atoms with Gasteiger partial charge in [-0.25, -0.2) is 9.78 Å². The molecule has 0 atom stereocenters. The highest BCUT2D eigenvalue weighted by molar-refractivity contribution is 5.91. The van der Waals surface area contributed by atoms with Gasteiger partial charge in [-0.3, -0.25) is 0 Å². The number of nitrogens with zero attached hydrogens (tertiary/aromatic N) is 2. The second-order valence-corrected chi connectivity index (χ2v) is 3.18. The molecule has 0 aromatic carbocycles. The molecule has 4 heteroatoms. The summed E-state index contributed by atoms with van der Waals surface area (Å²) in [6, 6.07) is 7.40. The Hall–Kier alpha value is -2.10. The molecule has 4 nitrogen and oxygen atoms in total. The maximum Gasteiger partial charge on any atom is 0.359 e. The van der Waals surface area contributed by atoms with E-state index in [1.807, 2.05) is 35.2 Å². The fourth-order valence-corrected chi connectivity index (χ4v) is 1.46. The number of carbonyl (C=O) groups is 1. The topological polar surface area (TPSA) is 44.1 Å². The van der Waals surface area contributed by atoms with Crippen molar-refractivity contribution in [3.05, 3.63) is 48.5 Å². The molecule has 82 valence electrons. The van der Waals surface area contributed by atoms with E-state index in [9.17, 15) is 4.79 Å². The van der Waals surface area contributed by atoms with Gasteiger partial charge in [0.1, 0.15) is 0 Å². The predicted octanol–water partition coefficient (Wildman–Crippen LogP) is 2.05. The molecule has 16 heavy (non-hydrogen) atoms. The molecule has 0 radical (unpaired) electrons. The normalized spacial score (nSPS) is 10.1. The molecule has 0 amide bonds. The minimum absolute atomic E-state index is 0.334. The number of hydrogen-bond donors (Lipinski definition) is 0. The van der Waals surface area contributed by atoms with Gasteiger partial charge < -0.3 is 9.30 Å². The van der Waals surface area contributed by atoms with E-state index in [4.69, 9.17) is 4.74 Å². The Balaban J connectivity index is 2.42. The average molecular weight is 216 g/mol. The second kappa shape index (κ2) is 4.61. The first kappa shape index (κ1) is 10.4. The van der Waals surface area contributed by atoms with Crippen molar-refractivity contribution in [3.63, 3.8) is 0 Å². The van der Waals surface area contributed by atoms with Gasteiger partial charge in [0, 0.05) is 18.6 Å². The highest BCUT2D eigenvalue weighted by Gasteiger charge is 2.14. The van der Waals surface area contributed by atoms with Crippen LogP contribution in [0, 0.1) is 0 Å². The molecule has 0 aliphatic heterocycles. The third-order valence-electron chi connectivity index (χ3n) is 2.14. The molecule has 2 rings (SSSR count). The van der Waals surface area contributed by atoms with Crippen molar-refractivity contribution in [1.82, 2.24) is 9.55 Å². The Morgan fingerprint density at radius 1 is 1.38 bits per heavy atom. The van der Waals surface area contributed by atoms with E-state index in [0.717, 1.165) is 5.69 Å². The number of hydrogen-bond acceptors (Lipinski definition) is 3. The lowest BCUT2D eigenvalue weighted by Crippen LogP contribution is -2.11. The van der Waals surface area contributed by atoms with Crippen LogP contribution in [-0.4, -0.2) is 22.1 Å². The van der Waals surface area contributed by atoms with Gasteiger partial charge in [0.25, 0.3) is 0 Å².